The van der Waals surface area contributed by atoms with Crippen LogP contribution in [0.2, 0.25) is 0 Å². The van der Waals surface area contributed by atoms with Gasteiger partial charge < -0.3 is 13.9 Å². The zero-order valence-electron chi connectivity index (χ0n) is 15.7. The maximum absolute atomic E-state index is 11.7. The van der Waals surface area contributed by atoms with Crippen molar-refractivity contribution < 1.29 is 23.6 Å². The first kappa shape index (κ1) is 19.8. The Morgan fingerprint density at radius 1 is 1.21 bits per heavy atom. The quantitative estimate of drug-likeness (QED) is 0.202. The third-order valence-electron chi connectivity index (χ3n) is 4.20. The standard InChI is InChI=1S/C21H17NO7/c1-3-14-11-21(24)29-19-12-15(6-7-16(14)19)28-18-8-4-13(5-9-20(23)27-2)10-17(18)22(25)26/h4-12H,3H2,1-2H3/b9-5+. The Bertz CT molecular complexity index is 1180. The van der Waals surface area contributed by atoms with Crippen LogP contribution in [0.3, 0.4) is 0 Å². The molecule has 29 heavy (non-hydrogen) atoms. The fourth-order valence-electron chi connectivity index (χ4n) is 2.79. The van der Waals surface area contributed by atoms with Crippen molar-refractivity contribution in [2.75, 3.05) is 7.11 Å². The molecule has 0 atom stereocenters. The number of hydrogen-bond acceptors (Lipinski definition) is 7. The van der Waals surface area contributed by atoms with E-state index in [1.54, 1.807) is 18.2 Å². The summed E-state index contributed by atoms with van der Waals surface area (Å²) in [5.41, 5.74) is 0.870. The second-order valence-corrected chi connectivity index (χ2v) is 6.05. The first-order valence-electron chi connectivity index (χ1n) is 8.70. The average Bonchev–Trinajstić information content (AvgIpc) is 2.71. The monoisotopic (exact) mass is 395 g/mol. The molecular weight excluding hydrogens is 378 g/mol. The summed E-state index contributed by atoms with van der Waals surface area (Å²) >= 11 is 0. The molecule has 148 valence electrons. The molecule has 0 bridgehead atoms. The third kappa shape index (κ3) is 4.49. The van der Waals surface area contributed by atoms with Gasteiger partial charge in [0, 0.05) is 29.7 Å². The summed E-state index contributed by atoms with van der Waals surface area (Å²) in [5.74, 6) is -0.273. The van der Waals surface area contributed by atoms with E-state index in [0.717, 1.165) is 17.0 Å². The third-order valence-corrected chi connectivity index (χ3v) is 4.20. The highest BCUT2D eigenvalue weighted by Crippen LogP contribution is 2.34. The summed E-state index contributed by atoms with van der Waals surface area (Å²) in [6.07, 6.45) is 3.23. The minimum atomic E-state index is -0.582. The number of carbonyl (C=O) groups excluding carboxylic acids is 1. The predicted octanol–water partition coefficient (Wildman–Crippen LogP) is 4.24. The highest BCUT2D eigenvalue weighted by Gasteiger charge is 2.17. The molecule has 1 heterocycles. The van der Waals surface area contributed by atoms with E-state index in [2.05, 4.69) is 4.74 Å². The molecular formula is C21H17NO7. The molecule has 0 radical (unpaired) electrons. The second kappa shape index (κ2) is 8.39. The van der Waals surface area contributed by atoms with Gasteiger partial charge in [-0.2, -0.15) is 0 Å². The van der Waals surface area contributed by atoms with Crippen molar-refractivity contribution in [1.82, 2.24) is 0 Å². The van der Waals surface area contributed by atoms with E-state index in [4.69, 9.17) is 9.15 Å². The lowest BCUT2D eigenvalue weighted by atomic mass is 10.1. The molecule has 3 rings (SSSR count). The Balaban J connectivity index is 1.97. The minimum absolute atomic E-state index is 0.0126. The van der Waals surface area contributed by atoms with Gasteiger partial charge in [-0.3, -0.25) is 10.1 Å². The van der Waals surface area contributed by atoms with Crippen molar-refractivity contribution >= 4 is 28.7 Å². The normalized spacial score (nSPS) is 11.0. The number of nitro benzene ring substituents is 1. The molecule has 8 heteroatoms. The summed E-state index contributed by atoms with van der Waals surface area (Å²) in [5, 5.41) is 12.2. The lowest BCUT2D eigenvalue weighted by molar-refractivity contribution is -0.385. The minimum Gasteiger partial charge on any atom is -0.466 e. The van der Waals surface area contributed by atoms with E-state index in [9.17, 15) is 19.7 Å². The smallest absolute Gasteiger partial charge is 0.336 e. The van der Waals surface area contributed by atoms with Gasteiger partial charge in [0.15, 0.2) is 0 Å². The van der Waals surface area contributed by atoms with E-state index < -0.39 is 16.5 Å². The zero-order chi connectivity index (χ0) is 21.0. The molecule has 0 fully saturated rings. The molecule has 0 saturated heterocycles. The number of benzene rings is 2. The fourth-order valence-corrected chi connectivity index (χ4v) is 2.79. The average molecular weight is 395 g/mol. The van der Waals surface area contributed by atoms with Gasteiger partial charge in [-0.15, -0.1) is 0 Å². The number of nitrogens with zero attached hydrogens (tertiary/aromatic N) is 1. The molecule has 8 nitrogen and oxygen atoms in total. The van der Waals surface area contributed by atoms with Crippen LogP contribution in [0.25, 0.3) is 17.0 Å². The molecule has 0 aliphatic carbocycles. The summed E-state index contributed by atoms with van der Waals surface area (Å²) in [7, 11) is 1.24. The van der Waals surface area contributed by atoms with Gasteiger partial charge in [0.1, 0.15) is 11.3 Å². The first-order chi connectivity index (χ1) is 13.9. The van der Waals surface area contributed by atoms with E-state index in [-0.39, 0.29) is 17.2 Å². The molecule has 0 aliphatic rings. The molecule has 0 unspecified atom stereocenters. The van der Waals surface area contributed by atoms with Crippen LogP contribution in [0.4, 0.5) is 5.69 Å². The topological polar surface area (TPSA) is 109 Å². The lowest BCUT2D eigenvalue weighted by Crippen LogP contribution is -2.00. The fraction of sp³-hybridized carbons (Fsp3) is 0.143. The SMILES string of the molecule is CCc1cc(=O)oc2cc(Oc3ccc(/C=C/C(=O)OC)cc3[N+](=O)[O-])ccc12. The summed E-state index contributed by atoms with van der Waals surface area (Å²) < 4.78 is 15.4. The number of aryl methyl sites for hydroxylation is 1. The van der Waals surface area contributed by atoms with E-state index in [1.165, 1.54) is 37.5 Å². The first-order valence-corrected chi connectivity index (χ1v) is 8.70. The van der Waals surface area contributed by atoms with Crippen LogP contribution in [0.1, 0.15) is 18.1 Å². The molecule has 0 N–H and O–H groups in total. The Kier molecular flexibility index (Phi) is 5.73. The molecule has 0 aliphatic heterocycles. The van der Waals surface area contributed by atoms with Gasteiger partial charge in [-0.05, 0) is 41.8 Å². The van der Waals surface area contributed by atoms with E-state index >= 15 is 0 Å². The number of nitro groups is 1. The van der Waals surface area contributed by atoms with Gasteiger partial charge in [0.05, 0.1) is 12.0 Å². The maximum Gasteiger partial charge on any atom is 0.336 e. The van der Waals surface area contributed by atoms with Crippen molar-refractivity contribution in [1.29, 1.82) is 0 Å². The number of methoxy groups -OCH3 is 1. The van der Waals surface area contributed by atoms with Crippen molar-refractivity contribution in [2.45, 2.75) is 13.3 Å². The number of esters is 1. The number of rotatable bonds is 6. The van der Waals surface area contributed by atoms with Crippen LogP contribution in [0, 0.1) is 10.1 Å². The Labute approximate surface area is 165 Å². The van der Waals surface area contributed by atoms with Crippen molar-refractivity contribution in [2.24, 2.45) is 0 Å². The number of fused-ring (bicyclic) bond motifs is 1. The summed E-state index contributed by atoms with van der Waals surface area (Å²) in [4.78, 5) is 33.8. The summed E-state index contributed by atoms with van der Waals surface area (Å²) in [6.45, 7) is 1.93. The second-order valence-electron chi connectivity index (χ2n) is 6.05. The Hall–Kier alpha value is -3.94. The van der Waals surface area contributed by atoms with Crippen LogP contribution in [-0.2, 0) is 16.0 Å². The molecule has 0 spiro atoms. The molecule has 0 saturated carbocycles. The predicted molar refractivity (Wildman–Crippen MR) is 106 cm³/mol. The Morgan fingerprint density at radius 3 is 2.69 bits per heavy atom. The molecule has 2 aromatic carbocycles. The zero-order valence-corrected chi connectivity index (χ0v) is 15.7. The summed E-state index contributed by atoms with van der Waals surface area (Å²) in [6, 6.07) is 10.6. The number of carbonyl (C=O) groups is 1. The van der Waals surface area contributed by atoms with Crippen LogP contribution in [-0.4, -0.2) is 18.0 Å². The van der Waals surface area contributed by atoms with Gasteiger partial charge in [0.2, 0.25) is 5.75 Å². The lowest BCUT2D eigenvalue weighted by Gasteiger charge is -2.09. The van der Waals surface area contributed by atoms with Crippen molar-refractivity contribution in [3.8, 4) is 11.5 Å². The van der Waals surface area contributed by atoms with Gasteiger partial charge >= 0.3 is 17.3 Å². The highest BCUT2D eigenvalue weighted by atomic mass is 16.6. The molecule has 3 aromatic rings. The largest absolute Gasteiger partial charge is 0.466 e. The van der Waals surface area contributed by atoms with Crippen molar-refractivity contribution in [3.05, 3.63) is 80.2 Å². The van der Waals surface area contributed by atoms with Gasteiger partial charge in [-0.25, -0.2) is 9.59 Å². The van der Waals surface area contributed by atoms with Crippen LogP contribution < -0.4 is 10.4 Å². The molecule has 1 aromatic heterocycles. The number of hydrogen-bond donors (Lipinski definition) is 0. The van der Waals surface area contributed by atoms with Crippen LogP contribution in [0.15, 0.2) is 57.8 Å². The number of ether oxygens (including phenoxy) is 2. The maximum atomic E-state index is 11.7. The van der Waals surface area contributed by atoms with Crippen LogP contribution in [0.5, 0.6) is 11.5 Å². The van der Waals surface area contributed by atoms with Crippen molar-refractivity contribution in [3.63, 3.8) is 0 Å². The van der Waals surface area contributed by atoms with E-state index in [1.807, 2.05) is 6.92 Å². The Morgan fingerprint density at radius 2 is 2.00 bits per heavy atom. The highest BCUT2D eigenvalue weighted by molar-refractivity contribution is 5.87. The molecule has 0 amide bonds. The van der Waals surface area contributed by atoms with Gasteiger partial charge in [0.25, 0.3) is 0 Å². The van der Waals surface area contributed by atoms with Crippen LogP contribution >= 0.6 is 0 Å². The van der Waals surface area contributed by atoms with E-state index in [0.29, 0.717) is 17.6 Å². The van der Waals surface area contributed by atoms with Gasteiger partial charge in [-0.1, -0.05) is 13.0 Å².